The van der Waals surface area contributed by atoms with E-state index in [1.54, 1.807) is 48.6 Å². The highest BCUT2D eigenvalue weighted by Crippen LogP contribution is 2.53. The van der Waals surface area contributed by atoms with Gasteiger partial charge in [-0.25, -0.2) is 8.42 Å². The number of hydrogen-bond acceptors (Lipinski definition) is 5. The van der Waals surface area contributed by atoms with Gasteiger partial charge in [-0.2, -0.15) is 0 Å². The molecule has 1 heterocycles. The van der Waals surface area contributed by atoms with E-state index in [1.165, 1.54) is 23.5 Å². The summed E-state index contributed by atoms with van der Waals surface area (Å²) < 4.78 is 33.8. The van der Waals surface area contributed by atoms with Crippen LogP contribution in [0.1, 0.15) is 17.5 Å². The second-order valence-electron chi connectivity index (χ2n) is 7.05. The summed E-state index contributed by atoms with van der Waals surface area (Å²) in [4.78, 5) is 12.1. The van der Waals surface area contributed by atoms with E-state index >= 15 is 0 Å². The van der Waals surface area contributed by atoms with Gasteiger partial charge < -0.3 is 4.74 Å². The standard InChI is InChI=1S/C20H20N2O5S/c1-14-10-12-15(13-11-14)28(25,26)21-17-7-4-3-6-16(17)20(22(23)24)18(21)8-5-9-19(20)27-2/h3-7,9-13,18-19H,8H2,1-2H3/t18-,19-,20+/m0/s1. The van der Waals surface area contributed by atoms with Crippen molar-refractivity contribution in [3.05, 3.63) is 81.9 Å². The van der Waals surface area contributed by atoms with E-state index in [2.05, 4.69) is 0 Å². The van der Waals surface area contributed by atoms with Gasteiger partial charge in [0.2, 0.25) is 0 Å². The SMILES string of the molecule is CO[C@H]1C=CC[C@@H]2N(S(=O)(=O)c3ccc(C)cc3)c3ccccc3[C@]12[N+](=O)[O-]. The summed E-state index contributed by atoms with van der Waals surface area (Å²) in [6, 6.07) is 12.2. The summed E-state index contributed by atoms with van der Waals surface area (Å²) in [7, 11) is -2.60. The van der Waals surface area contributed by atoms with E-state index in [1.807, 2.05) is 6.92 Å². The third kappa shape index (κ3) is 2.34. The fourth-order valence-corrected chi connectivity index (χ4v) is 6.04. The second-order valence-corrected chi connectivity index (χ2v) is 8.86. The van der Waals surface area contributed by atoms with E-state index < -0.39 is 32.6 Å². The number of anilines is 1. The van der Waals surface area contributed by atoms with Gasteiger partial charge in [0.1, 0.15) is 6.04 Å². The Kier molecular flexibility index (Phi) is 4.28. The summed E-state index contributed by atoms with van der Waals surface area (Å²) in [6.45, 7) is 1.87. The summed E-state index contributed by atoms with van der Waals surface area (Å²) in [5.74, 6) is 0. The van der Waals surface area contributed by atoms with Crippen LogP contribution in [0.5, 0.6) is 0 Å². The Morgan fingerprint density at radius 1 is 1.18 bits per heavy atom. The Morgan fingerprint density at radius 2 is 1.86 bits per heavy atom. The third-order valence-corrected chi connectivity index (χ3v) is 7.44. The normalized spacial score (nSPS) is 26.0. The van der Waals surface area contributed by atoms with Crippen LogP contribution in [0.15, 0.2) is 65.6 Å². The molecule has 1 aliphatic carbocycles. The molecule has 3 atom stereocenters. The van der Waals surface area contributed by atoms with E-state index in [-0.39, 0.29) is 11.3 Å². The molecule has 7 nitrogen and oxygen atoms in total. The Hall–Kier alpha value is -2.71. The van der Waals surface area contributed by atoms with Crippen molar-refractivity contribution in [3.63, 3.8) is 0 Å². The van der Waals surface area contributed by atoms with Crippen molar-refractivity contribution in [2.24, 2.45) is 0 Å². The number of sulfonamides is 1. The molecule has 0 unspecified atom stereocenters. The molecule has 0 amide bonds. The van der Waals surface area contributed by atoms with Gasteiger partial charge in [-0.3, -0.25) is 14.4 Å². The van der Waals surface area contributed by atoms with Crippen LogP contribution < -0.4 is 4.31 Å². The lowest BCUT2D eigenvalue weighted by atomic mass is 9.76. The van der Waals surface area contributed by atoms with Gasteiger partial charge in [0.15, 0.2) is 6.10 Å². The minimum atomic E-state index is -4.00. The number of rotatable bonds is 4. The highest BCUT2D eigenvalue weighted by Gasteiger charge is 2.68. The smallest absolute Gasteiger partial charge is 0.299 e. The zero-order chi connectivity index (χ0) is 20.1. The number of fused-ring (bicyclic) bond motifs is 3. The minimum absolute atomic E-state index is 0.107. The summed E-state index contributed by atoms with van der Waals surface area (Å²) in [5, 5.41) is 12.4. The molecule has 0 bridgehead atoms. The lowest BCUT2D eigenvalue weighted by Crippen LogP contribution is -2.59. The van der Waals surface area contributed by atoms with Crippen molar-refractivity contribution in [3.8, 4) is 0 Å². The van der Waals surface area contributed by atoms with Crippen LogP contribution in [0.25, 0.3) is 0 Å². The van der Waals surface area contributed by atoms with Crippen molar-refractivity contribution < 1.29 is 18.1 Å². The molecule has 0 saturated carbocycles. The molecule has 0 fully saturated rings. The molecule has 0 saturated heterocycles. The van der Waals surface area contributed by atoms with E-state index in [0.29, 0.717) is 11.3 Å². The zero-order valence-corrected chi connectivity index (χ0v) is 16.3. The van der Waals surface area contributed by atoms with Crippen molar-refractivity contribution in [2.75, 3.05) is 11.4 Å². The predicted octanol–water partition coefficient (Wildman–Crippen LogP) is 3.02. The number of benzene rings is 2. The van der Waals surface area contributed by atoms with Crippen LogP contribution in [0.4, 0.5) is 5.69 Å². The van der Waals surface area contributed by atoms with Crippen LogP contribution in [-0.2, 0) is 20.3 Å². The maximum atomic E-state index is 13.6. The molecule has 8 heteroatoms. The van der Waals surface area contributed by atoms with Gasteiger partial charge in [-0.1, -0.05) is 42.0 Å². The first kappa shape index (κ1) is 18.6. The van der Waals surface area contributed by atoms with Gasteiger partial charge in [0, 0.05) is 12.0 Å². The third-order valence-electron chi connectivity index (χ3n) is 5.60. The molecular formula is C20H20N2O5S. The van der Waals surface area contributed by atoms with Gasteiger partial charge in [0.05, 0.1) is 16.1 Å². The molecular weight excluding hydrogens is 380 g/mol. The van der Waals surface area contributed by atoms with Crippen LogP contribution in [0, 0.1) is 17.0 Å². The molecule has 0 aromatic heterocycles. The molecule has 146 valence electrons. The topological polar surface area (TPSA) is 89.8 Å². The van der Waals surface area contributed by atoms with Crippen LogP contribution in [0.2, 0.25) is 0 Å². The maximum absolute atomic E-state index is 13.6. The average molecular weight is 400 g/mol. The van der Waals surface area contributed by atoms with Gasteiger partial charge in [0.25, 0.3) is 15.6 Å². The predicted molar refractivity (Wildman–Crippen MR) is 104 cm³/mol. The van der Waals surface area contributed by atoms with E-state index in [0.717, 1.165) is 5.56 Å². The minimum Gasteiger partial charge on any atom is -0.369 e. The molecule has 4 rings (SSSR count). The quantitative estimate of drug-likeness (QED) is 0.447. The van der Waals surface area contributed by atoms with Gasteiger partial charge in [-0.15, -0.1) is 0 Å². The highest BCUT2D eigenvalue weighted by atomic mass is 32.2. The van der Waals surface area contributed by atoms with Gasteiger partial charge >= 0.3 is 0 Å². The molecule has 2 aliphatic rings. The molecule has 0 radical (unpaired) electrons. The number of methoxy groups -OCH3 is 1. The van der Waals surface area contributed by atoms with Crippen molar-refractivity contribution in [1.82, 2.24) is 0 Å². The second kappa shape index (κ2) is 6.42. The lowest BCUT2D eigenvalue weighted by Gasteiger charge is -2.37. The van der Waals surface area contributed by atoms with E-state index in [9.17, 15) is 18.5 Å². The number of aryl methyl sites for hydroxylation is 1. The zero-order valence-electron chi connectivity index (χ0n) is 15.5. The maximum Gasteiger partial charge on any atom is 0.299 e. The molecule has 2 aromatic rings. The number of nitro groups is 1. The monoisotopic (exact) mass is 400 g/mol. The van der Waals surface area contributed by atoms with Crippen molar-refractivity contribution in [2.45, 2.75) is 35.9 Å². The van der Waals surface area contributed by atoms with Crippen molar-refractivity contribution >= 4 is 15.7 Å². The Bertz CT molecular complexity index is 1060. The summed E-state index contributed by atoms with van der Waals surface area (Å²) >= 11 is 0. The first-order valence-corrected chi connectivity index (χ1v) is 10.3. The largest absolute Gasteiger partial charge is 0.369 e. The fourth-order valence-electron chi connectivity index (χ4n) is 4.33. The number of hydrogen-bond donors (Lipinski definition) is 0. The van der Waals surface area contributed by atoms with Gasteiger partial charge in [-0.05, 0) is 37.6 Å². The summed E-state index contributed by atoms with van der Waals surface area (Å²) in [6.07, 6.45) is 2.75. The van der Waals surface area contributed by atoms with Crippen LogP contribution in [-0.4, -0.2) is 32.6 Å². The lowest BCUT2D eigenvalue weighted by molar-refractivity contribution is -0.592. The van der Waals surface area contributed by atoms with Crippen LogP contribution >= 0.6 is 0 Å². The number of para-hydroxylation sites is 1. The fraction of sp³-hybridized carbons (Fsp3) is 0.300. The van der Waals surface area contributed by atoms with Crippen LogP contribution in [0.3, 0.4) is 0 Å². The summed E-state index contributed by atoms with van der Waals surface area (Å²) in [5.41, 5.74) is -0.0782. The molecule has 1 aliphatic heterocycles. The first-order valence-electron chi connectivity index (χ1n) is 8.89. The first-order chi connectivity index (χ1) is 13.3. The number of nitrogens with zero attached hydrogens (tertiary/aromatic N) is 2. The van der Waals surface area contributed by atoms with Crippen molar-refractivity contribution in [1.29, 1.82) is 0 Å². The Morgan fingerprint density at radius 3 is 2.50 bits per heavy atom. The Balaban J connectivity index is 1.99. The molecule has 28 heavy (non-hydrogen) atoms. The average Bonchev–Trinajstić information content (AvgIpc) is 3.00. The van der Waals surface area contributed by atoms with E-state index in [4.69, 9.17) is 4.74 Å². The molecule has 0 spiro atoms. The Labute approximate surface area is 163 Å². The molecule has 2 aromatic carbocycles. The highest BCUT2D eigenvalue weighted by molar-refractivity contribution is 7.92. The molecule has 0 N–H and O–H groups in total. The number of ether oxygens (including phenoxy) is 1.